The van der Waals surface area contributed by atoms with Gasteiger partial charge in [0, 0.05) is 10.9 Å². The second-order valence-corrected chi connectivity index (χ2v) is 8.60. The zero-order valence-electron chi connectivity index (χ0n) is 17.9. The molecular weight excluding hydrogens is 367 g/mol. The van der Waals surface area contributed by atoms with Crippen LogP contribution in [0.5, 0.6) is 0 Å². The number of fused-ring (bicyclic) bond motifs is 1. The summed E-state index contributed by atoms with van der Waals surface area (Å²) in [5, 5.41) is 1.58. The smallest absolute Gasteiger partial charge is 0.138 e. The van der Waals surface area contributed by atoms with E-state index in [1.165, 1.54) is 44.1 Å². The fourth-order valence-corrected chi connectivity index (χ4v) is 4.88. The predicted molar refractivity (Wildman–Crippen MR) is 128 cm³/mol. The molecule has 0 radical (unpaired) electrons. The van der Waals surface area contributed by atoms with Crippen molar-refractivity contribution in [2.24, 2.45) is 5.92 Å². The monoisotopic (exact) mass is 398 g/mol. The summed E-state index contributed by atoms with van der Waals surface area (Å²) in [6, 6.07) is 18.3. The molecule has 0 bridgehead atoms. The van der Waals surface area contributed by atoms with Crippen LogP contribution in [0.3, 0.4) is 0 Å². The Hall–Kier alpha value is -2.67. The number of rotatable bonds is 6. The fourth-order valence-electron chi connectivity index (χ4n) is 4.88. The van der Waals surface area contributed by atoms with Gasteiger partial charge in [-0.05, 0) is 85.4 Å². The Kier molecular flexibility index (Phi) is 6.47. The van der Waals surface area contributed by atoms with Gasteiger partial charge >= 0.3 is 0 Å². The molecule has 0 N–H and O–H groups in total. The topological polar surface area (TPSA) is 0 Å². The van der Waals surface area contributed by atoms with Crippen LogP contribution < -0.4 is 0 Å². The molecule has 0 spiro atoms. The van der Waals surface area contributed by atoms with E-state index in [-0.39, 0.29) is 5.82 Å². The van der Waals surface area contributed by atoms with Gasteiger partial charge in [-0.2, -0.15) is 0 Å². The molecule has 1 heteroatoms. The quantitative estimate of drug-likeness (QED) is 0.364. The number of allylic oxidation sites excluding steroid dienone is 2. The van der Waals surface area contributed by atoms with Gasteiger partial charge in [0.25, 0.3) is 0 Å². The average Bonchev–Trinajstić information content (AvgIpc) is 2.80. The third-order valence-electron chi connectivity index (χ3n) is 6.73. The van der Waals surface area contributed by atoms with Crippen LogP contribution in [0.25, 0.3) is 28.0 Å². The number of hydrogen-bond acceptors (Lipinski definition) is 0. The minimum absolute atomic E-state index is 0.141. The molecule has 0 nitrogen and oxygen atoms in total. The first-order chi connectivity index (χ1) is 14.7. The molecule has 0 atom stereocenters. The number of halogens is 1. The van der Waals surface area contributed by atoms with Crippen LogP contribution in [0.15, 0.2) is 73.3 Å². The zero-order chi connectivity index (χ0) is 20.9. The SMILES string of the molecule is C=Cc1ccc2c(F)c(-c3ccc(C4CCC(CC/C=C/C)CC4)cc3)ccc2c1. The molecule has 30 heavy (non-hydrogen) atoms. The molecular formula is C29H31F. The molecule has 1 aliphatic rings. The van der Waals surface area contributed by atoms with E-state index in [9.17, 15) is 0 Å². The van der Waals surface area contributed by atoms with Crippen LogP contribution in [0.4, 0.5) is 4.39 Å². The molecule has 0 heterocycles. The van der Waals surface area contributed by atoms with Crippen molar-refractivity contribution in [3.05, 3.63) is 90.3 Å². The van der Waals surface area contributed by atoms with Crippen molar-refractivity contribution >= 4 is 16.8 Å². The van der Waals surface area contributed by atoms with Gasteiger partial charge in [-0.1, -0.05) is 73.3 Å². The third-order valence-corrected chi connectivity index (χ3v) is 6.73. The van der Waals surface area contributed by atoms with Crippen molar-refractivity contribution in [3.63, 3.8) is 0 Å². The lowest BCUT2D eigenvalue weighted by molar-refractivity contribution is 0.312. The zero-order valence-corrected chi connectivity index (χ0v) is 17.9. The Morgan fingerprint density at radius 1 is 0.967 bits per heavy atom. The molecule has 0 saturated heterocycles. The lowest BCUT2D eigenvalue weighted by atomic mass is 9.77. The van der Waals surface area contributed by atoms with E-state index in [0.717, 1.165) is 22.4 Å². The van der Waals surface area contributed by atoms with Gasteiger partial charge in [0.1, 0.15) is 5.82 Å². The molecule has 1 aliphatic carbocycles. The summed E-state index contributed by atoms with van der Waals surface area (Å²) in [5.41, 5.74) is 4.04. The van der Waals surface area contributed by atoms with Crippen molar-refractivity contribution in [1.82, 2.24) is 0 Å². The third kappa shape index (κ3) is 4.41. The van der Waals surface area contributed by atoms with Crippen LogP contribution >= 0.6 is 0 Å². The fraction of sp³-hybridized carbons (Fsp3) is 0.310. The van der Waals surface area contributed by atoms with E-state index < -0.39 is 0 Å². The van der Waals surface area contributed by atoms with E-state index >= 15 is 4.39 Å². The summed E-state index contributed by atoms with van der Waals surface area (Å²) in [5.74, 6) is 1.39. The summed E-state index contributed by atoms with van der Waals surface area (Å²) in [4.78, 5) is 0. The molecule has 0 unspecified atom stereocenters. The molecule has 154 valence electrons. The van der Waals surface area contributed by atoms with E-state index in [1.807, 2.05) is 30.3 Å². The second-order valence-electron chi connectivity index (χ2n) is 8.60. The predicted octanol–water partition coefficient (Wildman–Crippen LogP) is 8.92. The lowest BCUT2D eigenvalue weighted by Crippen LogP contribution is -2.13. The van der Waals surface area contributed by atoms with Gasteiger partial charge < -0.3 is 0 Å². The largest absolute Gasteiger partial charge is 0.206 e. The van der Waals surface area contributed by atoms with Crippen molar-refractivity contribution in [2.45, 2.75) is 51.4 Å². The van der Waals surface area contributed by atoms with E-state index in [2.05, 4.69) is 49.9 Å². The Morgan fingerprint density at radius 2 is 1.73 bits per heavy atom. The van der Waals surface area contributed by atoms with Crippen molar-refractivity contribution < 1.29 is 4.39 Å². The Balaban J connectivity index is 1.48. The maximum atomic E-state index is 15.2. The summed E-state index contributed by atoms with van der Waals surface area (Å²) >= 11 is 0. The number of benzene rings is 3. The Labute approximate surface area is 180 Å². The first-order valence-electron chi connectivity index (χ1n) is 11.3. The molecule has 0 aromatic heterocycles. The van der Waals surface area contributed by atoms with Gasteiger partial charge in [0.15, 0.2) is 0 Å². The minimum atomic E-state index is -0.141. The van der Waals surface area contributed by atoms with Crippen molar-refractivity contribution in [2.75, 3.05) is 0 Å². The normalized spacial score (nSPS) is 19.4. The number of hydrogen-bond donors (Lipinski definition) is 0. The highest BCUT2D eigenvalue weighted by Crippen LogP contribution is 2.38. The van der Waals surface area contributed by atoms with Crippen LogP contribution in [0.2, 0.25) is 0 Å². The molecule has 3 aromatic rings. The summed E-state index contributed by atoms with van der Waals surface area (Å²) in [6.45, 7) is 5.90. The van der Waals surface area contributed by atoms with Crippen molar-refractivity contribution in [3.8, 4) is 11.1 Å². The van der Waals surface area contributed by atoms with Gasteiger partial charge in [0.2, 0.25) is 0 Å². The molecule has 1 saturated carbocycles. The molecule has 3 aromatic carbocycles. The summed E-state index contributed by atoms with van der Waals surface area (Å²) in [7, 11) is 0. The van der Waals surface area contributed by atoms with Crippen molar-refractivity contribution in [1.29, 1.82) is 0 Å². The second kappa shape index (κ2) is 9.43. The van der Waals surface area contributed by atoms with Crippen LogP contribution in [0.1, 0.15) is 62.5 Å². The molecule has 1 fully saturated rings. The highest BCUT2D eigenvalue weighted by Gasteiger charge is 2.22. The van der Waals surface area contributed by atoms with Crippen LogP contribution in [-0.2, 0) is 0 Å². The highest BCUT2D eigenvalue weighted by molar-refractivity contribution is 5.89. The Morgan fingerprint density at radius 3 is 2.43 bits per heavy atom. The maximum absolute atomic E-state index is 15.2. The average molecular weight is 399 g/mol. The Bertz CT molecular complexity index is 1030. The van der Waals surface area contributed by atoms with E-state index in [4.69, 9.17) is 0 Å². The van der Waals surface area contributed by atoms with Gasteiger partial charge in [-0.3, -0.25) is 0 Å². The van der Waals surface area contributed by atoms with Crippen LogP contribution in [-0.4, -0.2) is 0 Å². The van der Waals surface area contributed by atoms with E-state index in [1.54, 1.807) is 6.08 Å². The van der Waals surface area contributed by atoms with E-state index in [0.29, 0.717) is 16.9 Å². The van der Waals surface area contributed by atoms with Gasteiger partial charge in [-0.15, -0.1) is 0 Å². The molecule has 4 rings (SSSR count). The van der Waals surface area contributed by atoms with Gasteiger partial charge in [-0.25, -0.2) is 4.39 Å². The molecule has 0 aliphatic heterocycles. The minimum Gasteiger partial charge on any atom is -0.206 e. The van der Waals surface area contributed by atoms with Crippen LogP contribution in [0, 0.1) is 11.7 Å². The standard InChI is InChI=1S/C29H31F/c1-3-5-6-7-22-8-11-23(12-9-22)24-13-15-25(16-14-24)27-19-17-26-20-21(4-2)10-18-28(26)29(27)30/h3-5,10,13-20,22-23H,2,6-9,11-12H2,1H3/b5-3+. The summed E-state index contributed by atoms with van der Waals surface area (Å²) < 4.78 is 15.2. The maximum Gasteiger partial charge on any atom is 0.138 e. The lowest BCUT2D eigenvalue weighted by Gasteiger charge is -2.28. The summed E-state index contributed by atoms with van der Waals surface area (Å²) in [6.07, 6.45) is 14.0. The first kappa shape index (κ1) is 20.6. The highest BCUT2D eigenvalue weighted by atomic mass is 19.1. The molecule has 0 amide bonds. The van der Waals surface area contributed by atoms with Gasteiger partial charge in [0.05, 0.1) is 0 Å². The first-order valence-corrected chi connectivity index (χ1v) is 11.3.